The summed E-state index contributed by atoms with van der Waals surface area (Å²) in [4.78, 5) is 1.46. The molecule has 0 saturated heterocycles. The summed E-state index contributed by atoms with van der Waals surface area (Å²) >= 11 is 2.03. The van der Waals surface area contributed by atoms with Gasteiger partial charge in [-0.3, -0.25) is 0 Å². The van der Waals surface area contributed by atoms with Gasteiger partial charge in [0, 0.05) is 16.2 Å². The lowest BCUT2D eigenvalue weighted by Gasteiger charge is -2.22. The van der Waals surface area contributed by atoms with Gasteiger partial charge < -0.3 is 5.32 Å². The Bertz CT molecular complexity index is 406. The fourth-order valence-corrected chi connectivity index (χ4v) is 3.84. The highest BCUT2D eigenvalue weighted by Crippen LogP contribution is 2.46. The smallest absolute Gasteiger partial charge is 0.0452 e. The zero-order valence-electron chi connectivity index (χ0n) is 11.5. The van der Waals surface area contributed by atoms with E-state index in [9.17, 15) is 0 Å². The molecule has 0 aliphatic carbocycles. The summed E-state index contributed by atoms with van der Waals surface area (Å²) in [6, 6.07) is 7.51. The van der Waals surface area contributed by atoms with Crippen LogP contribution >= 0.6 is 11.8 Å². The zero-order valence-corrected chi connectivity index (χ0v) is 12.3. The molecule has 2 unspecified atom stereocenters. The summed E-state index contributed by atoms with van der Waals surface area (Å²) < 4.78 is 0. The van der Waals surface area contributed by atoms with E-state index in [-0.39, 0.29) is 5.41 Å². The predicted octanol–water partition coefficient (Wildman–Crippen LogP) is 4.13. The van der Waals surface area contributed by atoms with E-state index in [1.54, 1.807) is 0 Å². The molecule has 1 aliphatic rings. The van der Waals surface area contributed by atoms with Crippen LogP contribution in [0.15, 0.2) is 23.1 Å². The van der Waals surface area contributed by atoms with Crippen molar-refractivity contribution < 1.29 is 0 Å². The van der Waals surface area contributed by atoms with E-state index < -0.39 is 0 Å². The molecule has 1 aliphatic heterocycles. The SMILES string of the molecule is CCC1Sc2ccc(C(C)(C)C)cc2C1NC. The second-order valence-corrected chi connectivity index (χ2v) is 7.11. The van der Waals surface area contributed by atoms with Gasteiger partial charge in [0.05, 0.1) is 0 Å². The number of fused-ring (bicyclic) bond motifs is 1. The monoisotopic (exact) mass is 249 g/mol. The van der Waals surface area contributed by atoms with E-state index in [0.717, 1.165) is 0 Å². The summed E-state index contributed by atoms with van der Waals surface area (Å²) in [5.41, 5.74) is 3.17. The Labute approximate surface area is 109 Å². The first-order valence-electron chi connectivity index (χ1n) is 6.45. The number of rotatable bonds is 2. The Morgan fingerprint density at radius 3 is 2.53 bits per heavy atom. The van der Waals surface area contributed by atoms with Crippen LogP contribution in [-0.4, -0.2) is 12.3 Å². The Kier molecular flexibility index (Phi) is 3.55. The van der Waals surface area contributed by atoms with E-state index in [1.165, 1.54) is 22.4 Å². The van der Waals surface area contributed by atoms with Crippen LogP contribution < -0.4 is 5.32 Å². The summed E-state index contributed by atoms with van der Waals surface area (Å²) in [5.74, 6) is 0. The molecule has 2 rings (SSSR count). The Morgan fingerprint density at radius 2 is 2.00 bits per heavy atom. The average Bonchev–Trinajstić information content (AvgIpc) is 2.64. The van der Waals surface area contributed by atoms with Gasteiger partial charge in [0.1, 0.15) is 0 Å². The molecule has 0 saturated carbocycles. The van der Waals surface area contributed by atoms with Gasteiger partial charge in [-0.15, -0.1) is 11.8 Å². The minimum absolute atomic E-state index is 0.238. The lowest BCUT2D eigenvalue weighted by atomic mass is 9.85. The van der Waals surface area contributed by atoms with Crippen LogP contribution in [0, 0.1) is 0 Å². The maximum atomic E-state index is 3.48. The maximum absolute atomic E-state index is 3.48. The van der Waals surface area contributed by atoms with Crippen molar-refractivity contribution in [2.24, 2.45) is 0 Å². The topological polar surface area (TPSA) is 12.0 Å². The van der Waals surface area contributed by atoms with Gasteiger partial charge in [0.15, 0.2) is 0 Å². The molecule has 0 bridgehead atoms. The van der Waals surface area contributed by atoms with Gasteiger partial charge in [-0.1, -0.05) is 39.8 Å². The molecule has 1 aromatic rings. The first-order valence-corrected chi connectivity index (χ1v) is 7.33. The summed E-state index contributed by atoms with van der Waals surface area (Å²) in [5, 5.41) is 4.16. The van der Waals surface area contributed by atoms with Gasteiger partial charge in [0.25, 0.3) is 0 Å². The molecule has 0 radical (unpaired) electrons. The van der Waals surface area contributed by atoms with Crippen LogP contribution in [0.5, 0.6) is 0 Å². The first kappa shape index (κ1) is 13.0. The van der Waals surface area contributed by atoms with E-state index in [4.69, 9.17) is 0 Å². The van der Waals surface area contributed by atoms with Crippen molar-refractivity contribution in [2.75, 3.05) is 7.05 Å². The van der Waals surface area contributed by atoms with Crippen molar-refractivity contribution in [1.82, 2.24) is 5.32 Å². The van der Waals surface area contributed by atoms with Gasteiger partial charge in [-0.2, -0.15) is 0 Å². The van der Waals surface area contributed by atoms with Crippen LogP contribution in [0.25, 0.3) is 0 Å². The normalized spacial score (nSPS) is 23.8. The molecular formula is C15H23NS. The highest BCUT2D eigenvalue weighted by molar-refractivity contribution is 8.00. The summed E-state index contributed by atoms with van der Waals surface area (Å²) in [6.45, 7) is 9.12. The number of benzene rings is 1. The van der Waals surface area contributed by atoms with Gasteiger partial charge >= 0.3 is 0 Å². The molecule has 17 heavy (non-hydrogen) atoms. The van der Waals surface area contributed by atoms with Crippen molar-refractivity contribution >= 4 is 11.8 Å². The summed E-state index contributed by atoms with van der Waals surface area (Å²) in [7, 11) is 2.08. The van der Waals surface area contributed by atoms with Crippen molar-refractivity contribution in [3.63, 3.8) is 0 Å². The van der Waals surface area contributed by atoms with Crippen LogP contribution in [-0.2, 0) is 5.41 Å². The minimum atomic E-state index is 0.238. The van der Waals surface area contributed by atoms with Gasteiger partial charge in [-0.05, 0) is 36.1 Å². The fraction of sp³-hybridized carbons (Fsp3) is 0.600. The van der Waals surface area contributed by atoms with E-state index in [1.807, 2.05) is 11.8 Å². The van der Waals surface area contributed by atoms with Gasteiger partial charge in [0.2, 0.25) is 0 Å². The lowest BCUT2D eigenvalue weighted by Crippen LogP contribution is -2.23. The number of thioether (sulfide) groups is 1. The molecule has 0 spiro atoms. The van der Waals surface area contributed by atoms with E-state index in [0.29, 0.717) is 11.3 Å². The Morgan fingerprint density at radius 1 is 1.29 bits per heavy atom. The molecule has 0 aromatic heterocycles. The third-order valence-electron chi connectivity index (χ3n) is 3.57. The highest BCUT2D eigenvalue weighted by atomic mass is 32.2. The molecule has 1 aromatic carbocycles. The van der Waals surface area contributed by atoms with Crippen LogP contribution in [0.4, 0.5) is 0 Å². The largest absolute Gasteiger partial charge is 0.312 e. The number of hydrogen-bond donors (Lipinski definition) is 1. The van der Waals surface area contributed by atoms with Crippen molar-refractivity contribution in [1.29, 1.82) is 0 Å². The molecule has 2 heteroatoms. The van der Waals surface area contributed by atoms with Crippen LogP contribution in [0.3, 0.4) is 0 Å². The molecule has 94 valence electrons. The van der Waals surface area contributed by atoms with Crippen molar-refractivity contribution in [2.45, 2.75) is 55.7 Å². The Balaban J connectivity index is 2.40. The van der Waals surface area contributed by atoms with Crippen molar-refractivity contribution in [3.8, 4) is 0 Å². The molecule has 1 heterocycles. The predicted molar refractivity (Wildman–Crippen MR) is 76.9 cm³/mol. The lowest BCUT2D eigenvalue weighted by molar-refractivity contribution is 0.554. The number of nitrogens with one attached hydrogen (secondary N) is 1. The second kappa shape index (κ2) is 4.66. The number of hydrogen-bond acceptors (Lipinski definition) is 2. The summed E-state index contributed by atoms with van der Waals surface area (Å²) in [6.07, 6.45) is 1.22. The quantitative estimate of drug-likeness (QED) is 0.846. The molecular weight excluding hydrogens is 226 g/mol. The first-order chi connectivity index (χ1) is 7.97. The zero-order chi connectivity index (χ0) is 12.6. The third-order valence-corrected chi connectivity index (χ3v) is 5.11. The molecule has 0 amide bonds. The third kappa shape index (κ3) is 2.38. The molecule has 1 N–H and O–H groups in total. The molecule has 2 atom stereocenters. The highest BCUT2D eigenvalue weighted by Gasteiger charge is 2.31. The molecule has 1 nitrogen and oxygen atoms in total. The maximum Gasteiger partial charge on any atom is 0.0452 e. The molecule has 0 fully saturated rings. The second-order valence-electron chi connectivity index (χ2n) is 5.83. The minimum Gasteiger partial charge on any atom is -0.312 e. The van der Waals surface area contributed by atoms with Crippen molar-refractivity contribution in [3.05, 3.63) is 29.3 Å². The average molecular weight is 249 g/mol. The van der Waals surface area contributed by atoms with Crippen LogP contribution in [0.1, 0.15) is 51.3 Å². The fourth-order valence-electron chi connectivity index (χ4n) is 2.46. The standard InChI is InChI=1S/C15H23NS/c1-6-12-14(16-5)11-9-10(15(2,3)4)7-8-13(11)17-12/h7-9,12,14,16H,6H2,1-5H3. The Hall–Kier alpha value is -0.470. The van der Waals surface area contributed by atoms with Gasteiger partial charge in [-0.25, -0.2) is 0 Å². The van der Waals surface area contributed by atoms with Crippen LogP contribution in [0.2, 0.25) is 0 Å². The van der Waals surface area contributed by atoms with E-state index in [2.05, 4.69) is 58.3 Å². The van der Waals surface area contributed by atoms with E-state index >= 15 is 0 Å².